The van der Waals surface area contributed by atoms with Crippen LogP contribution in [0.5, 0.6) is 0 Å². The Labute approximate surface area is 153 Å². The molecule has 2 aromatic rings. The predicted molar refractivity (Wildman–Crippen MR) is 100 cm³/mol. The third-order valence-corrected chi connectivity index (χ3v) is 4.94. The lowest BCUT2D eigenvalue weighted by Gasteiger charge is -2.35. The van der Waals surface area contributed by atoms with Crippen LogP contribution in [0.3, 0.4) is 0 Å². The van der Waals surface area contributed by atoms with Crippen molar-refractivity contribution in [3.05, 3.63) is 70.2 Å². The molecule has 1 N–H and O–H groups in total. The Kier molecular flexibility index (Phi) is 6.08. The average Bonchev–Trinajstić information content (AvgIpc) is 2.64. The molecular weight excluding hydrogens is 336 g/mol. The number of ether oxygens (including phenoxy) is 1. The zero-order chi connectivity index (χ0) is 17.6. The van der Waals surface area contributed by atoms with Crippen LogP contribution in [0.25, 0.3) is 0 Å². The summed E-state index contributed by atoms with van der Waals surface area (Å²) < 4.78 is 5.46. The minimum atomic E-state index is -0.0524. The molecule has 5 heteroatoms. The lowest BCUT2D eigenvalue weighted by molar-refractivity contribution is 0.0162. The number of halogens is 1. The second kappa shape index (κ2) is 8.48. The molecule has 4 nitrogen and oxygen atoms in total. The maximum Gasteiger partial charge on any atom is 0.251 e. The van der Waals surface area contributed by atoms with Crippen molar-refractivity contribution in [3.63, 3.8) is 0 Å². The van der Waals surface area contributed by atoms with E-state index >= 15 is 0 Å². The molecule has 2 aromatic carbocycles. The third kappa shape index (κ3) is 4.40. The van der Waals surface area contributed by atoms with Gasteiger partial charge in [-0.3, -0.25) is 9.69 Å². The van der Waals surface area contributed by atoms with Gasteiger partial charge in [0.25, 0.3) is 5.91 Å². The molecule has 132 valence electrons. The quantitative estimate of drug-likeness (QED) is 0.890. The summed E-state index contributed by atoms with van der Waals surface area (Å²) in [7, 11) is 0. The lowest BCUT2D eigenvalue weighted by atomic mass is 10.0. The number of carbonyl (C=O) groups excluding carboxylic acids is 1. The van der Waals surface area contributed by atoms with Gasteiger partial charge in [-0.15, -0.1) is 0 Å². The summed E-state index contributed by atoms with van der Waals surface area (Å²) in [4.78, 5) is 14.9. The van der Waals surface area contributed by atoms with Crippen LogP contribution in [-0.4, -0.2) is 43.7 Å². The van der Waals surface area contributed by atoms with Crippen molar-refractivity contribution in [2.24, 2.45) is 0 Å². The first kappa shape index (κ1) is 17.9. The largest absolute Gasteiger partial charge is 0.379 e. The molecule has 25 heavy (non-hydrogen) atoms. The van der Waals surface area contributed by atoms with Crippen LogP contribution in [0.2, 0.25) is 5.02 Å². The summed E-state index contributed by atoms with van der Waals surface area (Å²) in [6.45, 7) is 5.52. The Morgan fingerprint density at radius 2 is 1.84 bits per heavy atom. The first-order chi connectivity index (χ1) is 12.2. The highest BCUT2D eigenvalue weighted by atomic mass is 35.5. The van der Waals surface area contributed by atoms with E-state index in [1.165, 1.54) is 0 Å². The molecule has 0 aliphatic carbocycles. The molecule has 1 heterocycles. The molecule has 1 saturated heterocycles. The van der Waals surface area contributed by atoms with E-state index in [2.05, 4.69) is 10.2 Å². The molecule has 0 spiro atoms. The van der Waals surface area contributed by atoms with Crippen molar-refractivity contribution in [2.75, 3.05) is 32.8 Å². The summed E-state index contributed by atoms with van der Waals surface area (Å²) in [5.41, 5.74) is 2.72. The summed E-state index contributed by atoms with van der Waals surface area (Å²) in [6.07, 6.45) is 0. The minimum absolute atomic E-state index is 0.0329. The van der Waals surface area contributed by atoms with Crippen LogP contribution in [-0.2, 0) is 4.74 Å². The highest BCUT2D eigenvalue weighted by molar-refractivity contribution is 6.31. The van der Waals surface area contributed by atoms with E-state index in [1.54, 1.807) is 0 Å². The lowest BCUT2D eigenvalue weighted by Crippen LogP contribution is -2.44. The zero-order valence-corrected chi connectivity index (χ0v) is 15.1. The Bertz CT molecular complexity index is 729. The van der Waals surface area contributed by atoms with E-state index in [-0.39, 0.29) is 11.9 Å². The van der Waals surface area contributed by atoms with Crippen LogP contribution in [0.15, 0.2) is 48.5 Å². The molecule has 1 aliphatic rings. The van der Waals surface area contributed by atoms with Gasteiger partial charge in [0.1, 0.15) is 0 Å². The first-order valence-corrected chi connectivity index (χ1v) is 8.94. The Hall–Kier alpha value is -1.88. The number of benzene rings is 2. The molecule has 1 amide bonds. The second-order valence-electron chi connectivity index (χ2n) is 6.21. The molecule has 1 fully saturated rings. The fourth-order valence-electron chi connectivity index (χ4n) is 3.18. The first-order valence-electron chi connectivity index (χ1n) is 8.57. The van der Waals surface area contributed by atoms with Gasteiger partial charge < -0.3 is 10.1 Å². The number of aryl methyl sites for hydroxylation is 1. The number of nitrogens with zero attached hydrogens (tertiary/aromatic N) is 1. The van der Waals surface area contributed by atoms with Crippen LogP contribution < -0.4 is 5.32 Å². The van der Waals surface area contributed by atoms with Gasteiger partial charge in [-0.2, -0.15) is 0 Å². The Morgan fingerprint density at radius 3 is 2.56 bits per heavy atom. The molecule has 0 radical (unpaired) electrons. The van der Waals surface area contributed by atoms with Crippen molar-refractivity contribution in [1.29, 1.82) is 0 Å². The number of amides is 1. The molecule has 0 aromatic heterocycles. The van der Waals surface area contributed by atoms with Gasteiger partial charge in [0.05, 0.1) is 19.3 Å². The van der Waals surface area contributed by atoms with Gasteiger partial charge in [-0.05, 0) is 30.2 Å². The van der Waals surface area contributed by atoms with Crippen molar-refractivity contribution in [2.45, 2.75) is 13.0 Å². The van der Waals surface area contributed by atoms with Crippen molar-refractivity contribution >= 4 is 17.5 Å². The van der Waals surface area contributed by atoms with Gasteiger partial charge in [0.2, 0.25) is 0 Å². The van der Waals surface area contributed by atoms with Crippen LogP contribution in [0.4, 0.5) is 0 Å². The monoisotopic (exact) mass is 358 g/mol. The average molecular weight is 359 g/mol. The van der Waals surface area contributed by atoms with E-state index in [1.807, 2.05) is 55.5 Å². The predicted octanol–water partition coefficient (Wildman–Crippen LogP) is 3.45. The van der Waals surface area contributed by atoms with Gasteiger partial charge in [0.15, 0.2) is 0 Å². The Balaban J connectivity index is 1.77. The summed E-state index contributed by atoms with van der Waals surface area (Å²) in [5, 5.41) is 3.81. The van der Waals surface area contributed by atoms with Gasteiger partial charge in [-0.25, -0.2) is 0 Å². The topological polar surface area (TPSA) is 41.6 Å². The van der Waals surface area contributed by atoms with Gasteiger partial charge >= 0.3 is 0 Å². The summed E-state index contributed by atoms with van der Waals surface area (Å²) in [6, 6.07) is 15.5. The Morgan fingerprint density at radius 1 is 1.16 bits per heavy atom. The summed E-state index contributed by atoms with van der Waals surface area (Å²) in [5.74, 6) is -0.0524. The molecule has 3 rings (SSSR count). The van der Waals surface area contributed by atoms with Gasteiger partial charge in [-0.1, -0.05) is 48.0 Å². The summed E-state index contributed by atoms with van der Waals surface area (Å²) >= 11 is 6.43. The molecule has 0 unspecified atom stereocenters. The number of hydrogen-bond acceptors (Lipinski definition) is 3. The molecule has 0 saturated carbocycles. The highest BCUT2D eigenvalue weighted by Gasteiger charge is 2.25. The van der Waals surface area contributed by atoms with Crippen molar-refractivity contribution in [3.8, 4) is 0 Å². The smallest absolute Gasteiger partial charge is 0.251 e. The SMILES string of the molecule is Cc1ccccc1C(=O)NC[C@H](c1ccccc1Cl)N1CCOCC1. The molecule has 1 atom stereocenters. The number of hydrogen-bond donors (Lipinski definition) is 1. The van der Waals surface area contributed by atoms with Crippen LogP contribution in [0, 0.1) is 6.92 Å². The molecule has 0 bridgehead atoms. The fourth-order valence-corrected chi connectivity index (χ4v) is 3.44. The van der Waals surface area contributed by atoms with Crippen LogP contribution in [0.1, 0.15) is 27.5 Å². The van der Waals surface area contributed by atoms with E-state index in [0.29, 0.717) is 25.3 Å². The van der Waals surface area contributed by atoms with E-state index in [4.69, 9.17) is 16.3 Å². The number of rotatable bonds is 5. The maximum absolute atomic E-state index is 12.6. The standard InChI is InChI=1S/C20H23ClN2O2/c1-15-6-2-3-7-16(15)20(24)22-14-19(23-10-12-25-13-11-23)17-8-4-5-9-18(17)21/h2-9,19H,10-14H2,1H3,(H,22,24)/t19-/m1/s1. The molecule has 1 aliphatic heterocycles. The van der Waals surface area contributed by atoms with Gasteiger partial charge in [0, 0.05) is 30.2 Å². The second-order valence-corrected chi connectivity index (χ2v) is 6.62. The zero-order valence-electron chi connectivity index (χ0n) is 14.4. The van der Waals surface area contributed by atoms with Crippen molar-refractivity contribution < 1.29 is 9.53 Å². The third-order valence-electron chi connectivity index (χ3n) is 4.60. The highest BCUT2D eigenvalue weighted by Crippen LogP contribution is 2.27. The fraction of sp³-hybridized carbons (Fsp3) is 0.350. The van der Waals surface area contributed by atoms with E-state index < -0.39 is 0 Å². The van der Waals surface area contributed by atoms with E-state index in [0.717, 1.165) is 29.2 Å². The number of nitrogens with one attached hydrogen (secondary N) is 1. The van der Waals surface area contributed by atoms with Crippen molar-refractivity contribution in [1.82, 2.24) is 10.2 Å². The minimum Gasteiger partial charge on any atom is -0.379 e. The van der Waals surface area contributed by atoms with Crippen LogP contribution >= 0.6 is 11.6 Å². The number of morpholine rings is 1. The number of carbonyl (C=O) groups is 1. The van der Waals surface area contributed by atoms with E-state index in [9.17, 15) is 4.79 Å². The molecular formula is C20H23ClN2O2. The maximum atomic E-state index is 12.6. The normalized spacial score (nSPS) is 16.4.